The largest absolute Gasteiger partial charge is 0.495 e. The van der Waals surface area contributed by atoms with Crippen molar-refractivity contribution < 1.29 is 14.3 Å². The number of thiazole rings is 1. The minimum absolute atomic E-state index is 0.0978. The Morgan fingerprint density at radius 2 is 2.28 bits per heavy atom. The highest BCUT2D eigenvalue weighted by atomic mass is 79.9. The summed E-state index contributed by atoms with van der Waals surface area (Å²) in [7, 11) is 1.57. The van der Waals surface area contributed by atoms with Crippen molar-refractivity contribution in [3.8, 4) is 5.75 Å². The van der Waals surface area contributed by atoms with E-state index >= 15 is 0 Å². The maximum atomic E-state index is 12.4. The molecule has 0 aliphatic carbocycles. The number of anilines is 2. The Morgan fingerprint density at radius 1 is 1.48 bits per heavy atom. The van der Waals surface area contributed by atoms with Crippen LogP contribution in [0.2, 0.25) is 0 Å². The molecule has 0 radical (unpaired) electrons. The number of carbonyl (C=O) groups excluding carboxylic acids is 2. The first-order chi connectivity index (χ1) is 12.0. The molecule has 0 bridgehead atoms. The highest BCUT2D eigenvalue weighted by Gasteiger charge is 2.24. The summed E-state index contributed by atoms with van der Waals surface area (Å²) in [6.45, 7) is 2.61. The lowest BCUT2D eigenvalue weighted by molar-refractivity contribution is -0.117. The van der Waals surface area contributed by atoms with E-state index < -0.39 is 0 Å². The lowest BCUT2D eigenvalue weighted by atomic mass is 10.1. The van der Waals surface area contributed by atoms with E-state index in [1.54, 1.807) is 12.0 Å². The van der Waals surface area contributed by atoms with Crippen molar-refractivity contribution in [2.45, 2.75) is 26.2 Å². The zero-order chi connectivity index (χ0) is 18.0. The van der Waals surface area contributed by atoms with Crippen LogP contribution < -0.4 is 15.0 Å². The molecule has 1 N–H and O–H groups in total. The van der Waals surface area contributed by atoms with Gasteiger partial charge in [-0.05, 0) is 31.0 Å². The van der Waals surface area contributed by atoms with E-state index in [2.05, 4.69) is 26.2 Å². The Bertz CT molecular complexity index is 821. The van der Waals surface area contributed by atoms with Gasteiger partial charge < -0.3 is 10.1 Å². The number of aryl methyl sites for hydroxylation is 1. The van der Waals surface area contributed by atoms with Crippen molar-refractivity contribution in [1.29, 1.82) is 0 Å². The third-order valence-electron chi connectivity index (χ3n) is 3.93. The minimum Gasteiger partial charge on any atom is -0.495 e. The predicted molar refractivity (Wildman–Crippen MR) is 101 cm³/mol. The molecule has 2 aromatic rings. The molecule has 0 atom stereocenters. The molecule has 2 heterocycles. The van der Waals surface area contributed by atoms with Crippen LogP contribution in [0.25, 0.3) is 0 Å². The topological polar surface area (TPSA) is 71.5 Å². The second kappa shape index (κ2) is 7.53. The molecule has 8 heteroatoms. The lowest BCUT2D eigenvalue weighted by Gasteiger charge is -2.13. The van der Waals surface area contributed by atoms with E-state index in [4.69, 9.17) is 4.74 Å². The molecule has 1 aromatic carbocycles. The van der Waals surface area contributed by atoms with Crippen LogP contribution in [0.5, 0.6) is 5.75 Å². The van der Waals surface area contributed by atoms with Gasteiger partial charge >= 0.3 is 0 Å². The average Bonchev–Trinajstić information content (AvgIpc) is 3.18. The molecule has 2 amide bonds. The SMILES string of the molecule is COc1cc(Br)cc(C)c1NC(=O)Cc1csc(N2CCCC2=O)n1. The molecule has 3 rings (SSSR count). The fourth-order valence-electron chi connectivity index (χ4n) is 2.73. The zero-order valence-electron chi connectivity index (χ0n) is 14.0. The fraction of sp³-hybridized carbons (Fsp3) is 0.353. The van der Waals surface area contributed by atoms with Gasteiger partial charge in [0.25, 0.3) is 0 Å². The Labute approximate surface area is 158 Å². The number of carbonyl (C=O) groups is 2. The summed E-state index contributed by atoms with van der Waals surface area (Å²) in [5.41, 5.74) is 2.22. The summed E-state index contributed by atoms with van der Waals surface area (Å²) in [6.07, 6.45) is 1.58. The number of halogens is 1. The molecule has 1 saturated heterocycles. The van der Waals surface area contributed by atoms with Gasteiger partial charge in [0, 0.05) is 22.8 Å². The molecule has 0 saturated carbocycles. The van der Waals surface area contributed by atoms with E-state index in [1.807, 2.05) is 24.4 Å². The molecule has 132 valence electrons. The number of hydrogen-bond donors (Lipinski definition) is 1. The van der Waals surface area contributed by atoms with Crippen molar-refractivity contribution >= 4 is 49.9 Å². The number of aromatic nitrogens is 1. The van der Waals surface area contributed by atoms with Crippen LogP contribution in [0, 0.1) is 6.92 Å². The molecular formula is C17H18BrN3O3S. The van der Waals surface area contributed by atoms with E-state index in [0.717, 1.165) is 16.5 Å². The highest BCUT2D eigenvalue weighted by Crippen LogP contribution is 2.32. The van der Waals surface area contributed by atoms with Gasteiger partial charge in [-0.2, -0.15) is 0 Å². The third kappa shape index (κ3) is 4.01. The summed E-state index contributed by atoms with van der Waals surface area (Å²) >= 11 is 4.81. The van der Waals surface area contributed by atoms with Gasteiger partial charge in [-0.25, -0.2) is 4.98 Å². The van der Waals surface area contributed by atoms with Crippen LogP contribution in [0.15, 0.2) is 22.0 Å². The van der Waals surface area contributed by atoms with Crippen LogP contribution in [0.1, 0.15) is 24.1 Å². The second-order valence-electron chi connectivity index (χ2n) is 5.80. The zero-order valence-corrected chi connectivity index (χ0v) is 16.4. The van der Waals surface area contributed by atoms with Crippen molar-refractivity contribution in [3.05, 3.63) is 33.2 Å². The average molecular weight is 424 g/mol. The van der Waals surface area contributed by atoms with Gasteiger partial charge in [0.1, 0.15) is 5.75 Å². The van der Waals surface area contributed by atoms with Crippen LogP contribution in [0.4, 0.5) is 10.8 Å². The normalized spacial score (nSPS) is 14.0. The number of nitrogens with one attached hydrogen (secondary N) is 1. The van der Waals surface area contributed by atoms with Gasteiger partial charge in [0.05, 0.1) is 24.9 Å². The maximum Gasteiger partial charge on any atom is 0.230 e. The fourth-order valence-corrected chi connectivity index (χ4v) is 4.15. The molecule has 0 spiro atoms. The van der Waals surface area contributed by atoms with E-state index in [1.165, 1.54) is 11.3 Å². The number of ether oxygens (including phenoxy) is 1. The molecule has 1 aliphatic rings. The quantitative estimate of drug-likeness (QED) is 0.797. The first-order valence-corrected chi connectivity index (χ1v) is 9.54. The molecule has 1 aliphatic heterocycles. The first kappa shape index (κ1) is 17.9. The predicted octanol–water partition coefficient (Wildman–Crippen LogP) is 3.53. The Morgan fingerprint density at radius 3 is 2.96 bits per heavy atom. The molecule has 6 nitrogen and oxygen atoms in total. The van der Waals surface area contributed by atoms with Gasteiger partial charge in [0.15, 0.2) is 5.13 Å². The van der Waals surface area contributed by atoms with Gasteiger partial charge in [0.2, 0.25) is 11.8 Å². The summed E-state index contributed by atoms with van der Waals surface area (Å²) < 4.78 is 6.23. The van der Waals surface area contributed by atoms with Crippen LogP contribution in [0.3, 0.4) is 0 Å². The first-order valence-electron chi connectivity index (χ1n) is 7.86. The monoisotopic (exact) mass is 423 g/mol. The molecule has 1 fully saturated rings. The minimum atomic E-state index is -0.173. The van der Waals surface area contributed by atoms with E-state index in [-0.39, 0.29) is 18.2 Å². The number of amides is 2. The second-order valence-corrected chi connectivity index (χ2v) is 7.55. The number of nitrogens with zero attached hydrogens (tertiary/aromatic N) is 2. The summed E-state index contributed by atoms with van der Waals surface area (Å²) in [5, 5.41) is 5.39. The molecule has 25 heavy (non-hydrogen) atoms. The van der Waals surface area contributed by atoms with Crippen molar-refractivity contribution in [1.82, 2.24) is 4.98 Å². The number of benzene rings is 1. The van der Waals surface area contributed by atoms with E-state index in [0.29, 0.717) is 35.2 Å². The summed E-state index contributed by atoms with van der Waals surface area (Å²) in [6, 6.07) is 3.72. The molecular weight excluding hydrogens is 406 g/mol. The number of methoxy groups -OCH3 is 1. The van der Waals surface area contributed by atoms with Crippen molar-refractivity contribution in [2.75, 3.05) is 23.9 Å². The Balaban J connectivity index is 1.69. The molecule has 0 unspecified atom stereocenters. The van der Waals surface area contributed by atoms with Crippen LogP contribution >= 0.6 is 27.3 Å². The van der Waals surface area contributed by atoms with Crippen LogP contribution in [-0.4, -0.2) is 30.5 Å². The number of rotatable bonds is 5. The van der Waals surface area contributed by atoms with E-state index in [9.17, 15) is 9.59 Å². The van der Waals surface area contributed by atoms with Crippen molar-refractivity contribution in [3.63, 3.8) is 0 Å². The third-order valence-corrected chi connectivity index (χ3v) is 5.30. The lowest BCUT2D eigenvalue weighted by Crippen LogP contribution is -2.23. The Kier molecular flexibility index (Phi) is 5.39. The maximum absolute atomic E-state index is 12.4. The highest BCUT2D eigenvalue weighted by molar-refractivity contribution is 9.10. The Hall–Kier alpha value is -1.93. The number of hydrogen-bond acceptors (Lipinski definition) is 5. The van der Waals surface area contributed by atoms with Gasteiger partial charge in [-0.15, -0.1) is 11.3 Å². The standard InChI is InChI=1S/C17H18BrN3O3S/c1-10-6-11(18)7-13(24-2)16(10)20-14(22)8-12-9-25-17(19-12)21-5-3-4-15(21)23/h6-7,9H,3-5,8H2,1-2H3,(H,20,22). The summed E-state index contributed by atoms with van der Waals surface area (Å²) in [5.74, 6) is 0.524. The smallest absolute Gasteiger partial charge is 0.230 e. The van der Waals surface area contributed by atoms with Crippen molar-refractivity contribution in [2.24, 2.45) is 0 Å². The van der Waals surface area contributed by atoms with Gasteiger partial charge in [-0.1, -0.05) is 15.9 Å². The van der Waals surface area contributed by atoms with Gasteiger partial charge in [-0.3, -0.25) is 14.5 Å². The van der Waals surface area contributed by atoms with Crippen LogP contribution in [-0.2, 0) is 16.0 Å². The summed E-state index contributed by atoms with van der Waals surface area (Å²) in [4.78, 5) is 30.3. The molecule has 1 aromatic heterocycles.